The van der Waals surface area contributed by atoms with Crippen LogP contribution in [0.3, 0.4) is 0 Å². The van der Waals surface area contributed by atoms with Gasteiger partial charge in [-0.1, -0.05) is 17.7 Å². The first kappa shape index (κ1) is 17.5. The largest absolute Gasteiger partial charge is 0.482 e. The van der Waals surface area contributed by atoms with Crippen LogP contribution in [0, 0.1) is 5.92 Å². The van der Waals surface area contributed by atoms with Gasteiger partial charge < -0.3 is 20.1 Å². The molecule has 1 amide bonds. The summed E-state index contributed by atoms with van der Waals surface area (Å²) < 4.78 is 11.1. The highest BCUT2D eigenvalue weighted by Crippen LogP contribution is 2.27. The summed E-state index contributed by atoms with van der Waals surface area (Å²) in [5.74, 6) is 0.504. The summed E-state index contributed by atoms with van der Waals surface area (Å²) in [7, 11) is 2.18. The second-order valence-corrected chi connectivity index (χ2v) is 7.13. The van der Waals surface area contributed by atoms with Crippen molar-refractivity contribution in [1.29, 1.82) is 0 Å². The lowest BCUT2D eigenvalue weighted by atomic mass is 10.1. The fourth-order valence-corrected chi connectivity index (χ4v) is 3.76. The van der Waals surface area contributed by atoms with Crippen molar-refractivity contribution in [2.45, 2.75) is 12.6 Å². The number of ether oxygens (including phenoxy) is 2. The first-order chi connectivity index (χ1) is 11.5. The van der Waals surface area contributed by atoms with Crippen LogP contribution in [-0.4, -0.2) is 68.3 Å². The number of primary amides is 1. The van der Waals surface area contributed by atoms with Gasteiger partial charge in [-0.25, -0.2) is 0 Å². The normalized spacial score (nSPS) is 25.2. The van der Waals surface area contributed by atoms with E-state index in [0.29, 0.717) is 22.7 Å². The molecule has 24 heavy (non-hydrogen) atoms. The lowest BCUT2D eigenvalue weighted by molar-refractivity contribution is -0.119. The molecule has 2 heterocycles. The van der Waals surface area contributed by atoms with Crippen LogP contribution in [0.15, 0.2) is 18.2 Å². The monoisotopic (exact) mass is 353 g/mol. The summed E-state index contributed by atoms with van der Waals surface area (Å²) in [5, 5.41) is 0.500. The Kier molecular flexibility index (Phi) is 5.61. The van der Waals surface area contributed by atoms with Gasteiger partial charge >= 0.3 is 0 Å². The van der Waals surface area contributed by atoms with E-state index in [1.165, 1.54) is 0 Å². The van der Waals surface area contributed by atoms with Crippen molar-refractivity contribution < 1.29 is 14.3 Å². The van der Waals surface area contributed by atoms with E-state index < -0.39 is 5.91 Å². The molecule has 0 saturated carbocycles. The highest BCUT2D eigenvalue weighted by molar-refractivity contribution is 6.32. The Bertz CT molecular complexity index is 598. The zero-order chi connectivity index (χ0) is 17.1. The van der Waals surface area contributed by atoms with Gasteiger partial charge in [0.05, 0.1) is 18.2 Å². The lowest BCUT2D eigenvalue weighted by Gasteiger charge is -2.29. The molecule has 6 nitrogen and oxygen atoms in total. The first-order valence-electron chi connectivity index (χ1n) is 8.21. The number of hydrogen-bond acceptors (Lipinski definition) is 5. The number of hydrogen-bond donors (Lipinski definition) is 1. The van der Waals surface area contributed by atoms with Crippen LogP contribution in [0.4, 0.5) is 0 Å². The molecule has 2 bridgehead atoms. The number of nitrogens with two attached hydrogens (primary N) is 1. The Hall–Kier alpha value is -1.34. The fourth-order valence-electron chi connectivity index (χ4n) is 3.50. The standard InChI is InChI=1S/C17H24ClN3O3/c1-20-5-13-7-21(14(8-20)10-23-9-13)6-12-2-3-16(15(18)4-12)24-11-17(19)22/h2-4,13-14H,5-11H2,1H3,(H2,19,22)/t13-,14-/m0/s1. The van der Waals surface area contributed by atoms with E-state index in [4.69, 9.17) is 26.8 Å². The molecule has 1 aromatic carbocycles. The molecule has 2 aliphatic rings. The molecular weight excluding hydrogens is 330 g/mol. The number of carbonyl (C=O) groups is 1. The lowest BCUT2D eigenvalue weighted by Crippen LogP contribution is -2.42. The fraction of sp³-hybridized carbons (Fsp3) is 0.588. The minimum atomic E-state index is -0.517. The van der Waals surface area contributed by atoms with Crippen molar-refractivity contribution in [3.63, 3.8) is 0 Å². The zero-order valence-electron chi connectivity index (χ0n) is 13.9. The van der Waals surface area contributed by atoms with Crippen LogP contribution < -0.4 is 10.5 Å². The van der Waals surface area contributed by atoms with Gasteiger partial charge in [0.1, 0.15) is 5.75 Å². The summed E-state index contributed by atoms with van der Waals surface area (Å²) in [5.41, 5.74) is 6.22. The quantitative estimate of drug-likeness (QED) is 0.854. The third kappa shape index (κ3) is 4.39. The highest BCUT2D eigenvalue weighted by atomic mass is 35.5. The maximum atomic E-state index is 10.8. The number of rotatable bonds is 5. The maximum Gasteiger partial charge on any atom is 0.255 e. The Morgan fingerprint density at radius 3 is 2.96 bits per heavy atom. The molecule has 2 saturated heterocycles. The number of carbonyl (C=O) groups excluding carboxylic acids is 1. The summed E-state index contributed by atoms with van der Waals surface area (Å²) in [6, 6.07) is 6.08. The molecule has 0 aliphatic carbocycles. The molecule has 2 atom stereocenters. The van der Waals surface area contributed by atoms with Crippen LogP contribution in [0.5, 0.6) is 5.75 Å². The molecule has 3 rings (SSSR count). The van der Waals surface area contributed by atoms with Gasteiger partial charge in [-0.05, 0) is 24.7 Å². The van der Waals surface area contributed by atoms with E-state index in [1.807, 2.05) is 12.1 Å². The van der Waals surface area contributed by atoms with Gasteiger partial charge in [0, 0.05) is 38.1 Å². The predicted molar refractivity (Wildman–Crippen MR) is 92.1 cm³/mol. The number of nitrogens with zero attached hydrogens (tertiary/aromatic N) is 2. The van der Waals surface area contributed by atoms with Crippen LogP contribution in [0.2, 0.25) is 5.02 Å². The number of halogens is 1. The van der Waals surface area contributed by atoms with Crippen LogP contribution in [0.1, 0.15) is 5.56 Å². The second-order valence-electron chi connectivity index (χ2n) is 6.73. The van der Waals surface area contributed by atoms with Gasteiger partial charge in [-0.3, -0.25) is 9.69 Å². The Morgan fingerprint density at radius 1 is 1.38 bits per heavy atom. The number of amides is 1. The number of fused-ring (bicyclic) bond motifs is 3. The van der Waals surface area contributed by atoms with Gasteiger partial charge in [0.15, 0.2) is 6.61 Å². The van der Waals surface area contributed by atoms with E-state index >= 15 is 0 Å². The van der Waals surface area contributed by atoms with Crippen LogP contribution in [-0.2, 0) is 16.1 Å². The predicted octanol–water partition coefficient (Wildman–Crippen LogP) is 0.966. The molecule has 2 N–H and O–H groups in total. The van der Waals surface area contributed by atoms with Crippen molar-refractivity contribution in [2.75, 3.05) is 46.5 Å². The molecule has 0 aromatic heterocycles. The topological polar surface area (TPSA) is 68.0 Å². The minimum absolute atomic E-state index is 0.168. The molecule has 132 valence electrons. The molecule has 2 fully saturated rings. The van der Waals surface area contributed by atoms with E-state index in [2.05, 4.69) is 16.8 Å². The molecular formula is C17H24ClN3O3. The molecule has 2 aliphatic heterocycles. The van der Waals surface area contributed by atoms with Crippen molar-refractivity contribution >= 4 is 17.5 Å². The number of benzene rings is 1. The third-order valence-electron chi connectivity index (χ3n) is 4.52. The van der Waals surface area contributed by atoms with Gasteiger partial charge in [-0.15, -0.1) is 0 Å². The van der Waals surface area contributed by atoms with E-state index in [-0.39, 0.29) is 6.61 Å². The van der Waals surface area contributed by atoms with E-state index in [9.17, 15) is 4.79 Å². The Balaban J connectivity index is 1.69. The highest BCUT2D eigenvalue weighted by Gasteiger charge is 2.31. The third-order valence-corrected chi connectivity index (χ3v) is 4.81. The van der Waals surface area contributed by atoms with E-state index in [0.717, 1.165) is 45.0 Å². The average molecular weight is 354 g/mol. The number of likely N-dealkylation sites (N-methyl/N-ethyl adjacent to an activating group) is 1. The minimum Gasteiger partial charge on any atom is -0.482 e. The molecule has 1 aromatic rings. The van der Waals surface area contributed by atoms with E-state index in [1.54, 1.807) is 6.07 Å². The van der Waals surface area contributed by atoms with Crippen molar-refractivity contribution in [2.24, 2.45) is 11.7 Å². The Morgan fingerprint density at radius 2 is 2.21 bits per heavy atom. The van der Waals surface area contributed by atoms with Gasteiger partial charge in [0.2, 0.25) is 0 Å². The average Bonchev–Trinajstić information content (AvgIpc) is 2.76. The van der Waals surface area contributed by atoms with Gasteiger partial charge in [-0.2, -0.15) is 0 Å². The molecule has 0 spiro atoms. The summed E-state index contributed by atoms with van der Waals surface area (Å²) >= 11 is 6.27. The van der Waals surface area contributed by atoms with Crippen molar-refractivity contribution in [1.82, 2.24) is 9.80 Å². The summed E-state index contributed by atoms with van der Waals surface area (Å²) in [6.07, 6.45) is 0. The van der Waals surface area contributed by atoms with Crippen molar-refractivity contribution in [3.05, 3.63) is 28.8 Å². The first-order valence-corrected chi connectivity index (χ1v) is 8.59. The maximum absolute atomic E-state index is 10.8. The smallest absolute Gasteiger partial charge is 0.255 e. The van der Waals surface area contributed by atoms with Crippen LogP contribution in [0.25, 0.3) is 0 Å². The second kappa shape index (κ2) is 7.70. The molecule has 0 unspecified atom stereocenters. The summed E-state index contributed by atoms with van der Waals surface area (Å²) in [6.45, 7) is 5.39. The van der Waals surface area contributed by atoms with Gasteiger partial charge in [0.25, 0.3) is 5.91 Å². The van der Waals surface area contributed by atoms with Crippen LogP contribution >= 0.6 is 11.6 Å². The molecule has 7 heteroatoms. The zero-order valence-corrected chi connectivity index (χ0v) is 14.7. The SMILES string of the molecule is CN1C[C@@H]2COC[C@H](C1)N(Cc1ccc(OCC(N)=O)c(Cl)c1)C2. The summed E-state index contributed by atoms with van der Waals surface area (Å²) in [4.78, 5) is 15.7. The van der Waals surface area contributed by atoms with Crippen molar-refractivity contribution in [3.8, 4) is 5.75 Å². The Labute approximate surface area is 147 Å². The molecule has 0 radical (unpaired) electrons.